The van der Waals surface area contributed by atoms with Crippen molar-refractivity contribution < 1.29 is 9.59 Å². The SMILES string of the molecule is CC(C)CC(=O)NC(C(=O)N1CCCC(N2CCCC2)C1)c1ccccc1. The summed E-state index contributed by atoms with van der Waals surface area (Å²) in [5.74, 6) is 0.244. The van der Waals surface area contributed by atoms with E-state index < -0.39 is 6.04 Å². The van der Waals surface area contributed by atoms with Gasteiger partial charge < -0.3 is 10.2 Å². The fourth-order valence-electron chi connectivity index (χ4n) is 4.27. The third-order valence-corrected chi connectivity index (χ3v) is 5.64. The average Bonchev–Trinajstić information content (AvgIpc) is 3.21. The van der Waals surface area contributed by atoms with E-state index in [1.165, 1.54) is 19.3 Å². The summed E-state index contributed by atoms with van der Waals surface area (Å²) in [5, 5.41) is 3.00. The van der Waals surface area contributed by atoms with Crippen LogP contribution in [0.2, 0.25) is 0 Å². The molecule has 2 fully saturated rings. The van der Waals surface area contributed by atoms with Gasteiger partial charge in [0.25, 0.3) is 0 Å². The number of nitrogens with one attached hydrogen (secondary N) is 1. The second-order valence-corrected chi connectivity index (χ2v) is 8.33. The highest BCUT2D eigenvalue weighted by atomic mass is 16.2. The Labute approximate surface area is 163 Å². The lowest BCUT2D eigenvalue weighted by atomic mass is 10.00. The van der Waals surface area contributed by atoms with Gasteiger partial charge in [-0.05, 0) is 50.3 Å². The molecule has 1 aromatic rings. The molecule has 0 saturated carbocycles. The Morgan fingerprint density at radius 1 is 1.07 bits per heavy atom. The third-order valence-electron chi connectivity index (χ3n) is 5.64. The smallest absolute Gasteiger partial charge is 0.249 e. The molecule has 148 valence electrons. The molecular formula is C22H33N3O2. The number of carbonyl (C=O) groups excluding carboxylic acids is 2. The first-order chi connectivity index (χ1) is 13.0. The number of hydrogen-bond acceptors (Lipinski definition) is 3. The van der Waals surface area contributed by atoms with Crippen molar-refractivity contribution in [3.8, 4) is 0 Å². The molecule has 2 aliphatic heterocycles. The zero-order chi connectivity index (χ0) is 19.2. The van der Waals surface area contributed by atoms with Crippen LogP contribution in [0.4, 0.5) is 0 Å². The monoisotopic (exact) mass is 371 g/mol. The van der Waals surface area contributed by atoms with Gasteiger partial charge in [0.2, 0.25) is 11.8 Å². The predicted octanol–water partition coefficient (Wildman–Crippen LogP) is 2.98. The highest BCUT2D eigenvalue weighted by Crippen LogP contribution is 2.24. The fourth-order valence-corrected chi connectivity index (χ4v) is 4.27. The molecule has 5 heteroatoms. The van der Waals surface area contributed by atoms with Crippen molar-refractivity contribution in [2.24, 2.45) is 5.92 Å². The van der Waals surface area contributed by atoms with Gasteiger partial charge >= 0.3 is 0 Å². The first-order valence-electron chi connectivity index (χ1n) is 10.4. The number of rotatable bonds is 6. The average molecular weight is 372 g/mol. The topological polar surface area (TPSA) is 52.7 Å². The molecule has 0 aliphatic carbocycles. The first-order valence-corrected chi connectivity index (χ1v) is 10.4. The highest BCUT2D eigenvalue weighted by molar-refractivity contribution is 5.88. The van der Waals surface area contributed by atoms with Crippen LogP contribution in [-0.4, -0.2) is 53.8 Å². The highest BCUT2D eigenvalue weighted by Gasteiger charge is 2.33. The standard InChI is InChI=1S/C22H33N3O2/c1-17(2)15-20(26)23-21(18-9-4-3-5-10-18)22(27)25-14-8-11-19(16-25)24-12-6-7-13-24/h3-5,9-10,17,19,21H,6-8,11-16H2,1-2H3,(H,23,26). The van der Waals surface area contributed by atoms with Crippen molar-refractivity contribution in [3.05, 3.63) is 35.9 Å². The number of benzene rings is 1. The number of hydrogen-bond donors (Lipinski definition) is 1. The van der Waals surface area contributed by atoms with E-state index in [0.717, 1.165) is 38.2 Å². The molecule has 27 heavy (non-hydrogen) atoms. The summed E-state index contributed by atoms with van der Waals surface area (Å²) in [7, 11) is 0. The van der Waals surface area contributed by atoms with Crippen molar-refractivity contribution in [1.29, 1.82) is 0 Å². The summed E-state index contributed by atoms with van der Waals surface area (Å²) in [4.78, 5) is 30.3. The third kappa shape index (κ3) is 5.32. The summed E-state index contributed by atoms with van der Waals surface area (Å²) in [6.07, 6.45) is 5.17. The normalized spacial score (nSPS) is 22.0. The van der Waals surface area contributed by atoms with E-state index in [1.54, 1.807) is 0 Å². The predicted molar refractivity (Wildman–Crippen MR) is 107 cm³/mol. The minimum atomic E-state index is -0.588. The quantitative estimate of drug-likeness (QED) is 0.836. The molecule has 2 aliphatic rings. The van der Waals surface area contributed by atoms with Gasteiger partial charge in [-0.15, -0.1) is 0 Å². The van der Waals surface area contributed by atoms with E-state index >= 15 is 0 Å². The molecule has 3 rings (SSSR count). The largest absolute Gasteiger partial charge is 0.341 e. The van der Waals surface area contributed by atoms with Gasteiger partial charge in [0.15, 0.2) is 0 Å². The van der Waals surface area contributed by atoms with Crippen LogP contribution in [-0.2, 0) is 9.59 Å². The van der Waals surface area contributed by atoms with E-state index in [1.807, 2.05) is 49.1 Å². The van der Waals surface area contributed by atoms with Crippen LogP contribution in [0, 0.1) is 5.92 Å². The van der Waals surface area contributed by atoms with Gasteiger partial charge in [0.05, 0.1) is 0 Å². The maximum Gasteiger partial charge on any atom is 0.249 e. The van der Waals surface area contributed by atoms with Crippen molar-refractivity contribution in [1.82, 2.24) is 15.1 Å². The van der Waals surface area contributed by atoms with Crippen molar-refractivity contribution in [3.63, 3.8) is 0 Å². The Morgan fingerprint density at radius 3 is 2.44 bits per heavy atom. The summed E-state index contributed by atoms with van der Waals surface area (Å²) in [6.45, 7) is 7.91. The van der Waals surface area contributed by atoms with Crippen molar-refractivity contribution in [2.45, 2.75) is 58.0 Å². The molecule has 2 atom stereocenters. The van der Waals surface area contributed by atoms with Crippen LogP contribution in [0.25, 0.3) is 0 Å². The Balaban J connectivity index is 1.72. The summed E-state index contributed by atoms with van der Waals surface area (Å²) >= 11 is 0. The van der Waals surface area contributed by atoms with Crippen LogP contribution < -0.4 is 5.32 Å². The van der Waals surface area contributed by atoms with Crippen LogP contribution in [0.5, 0.6) is 0 Å². The molecule has 2 unspecified atom stereocenters. The Kier molecular flexibility index (Phi) is 6.89. The summed E-state index contributed by atoms with van der Waals surface area (Å²) < 4.78 is 0. The summed E-state index contributed by atoms with van der Waals surface area (Å²) in [5.41, 5.74) is 0.864. The zero-order valence-electron chi connectivity index (χ0n) is 16.7. The lowest BCUT2D eigenvalue weighted by molar-refractivity contribution is -0.138. The zero-order valence-corrected chi connectivity index (χ0v) is 16.7. The number of piperidine rings is 1. The molecular weight excluding hydrogens is 338 g/mol. The fraction of sp³-hybridized carbons (Fsp3) is 0.636. The molecule has 0 spiro atoms. The lowest BCUT2D eigenvalue weighted by Crippen LogP contribution is -2.52. The van der Waals surface area contributed by atoms with Crippen LogP contribution >= 0.6 is 0 Å². The van der Waals surface area contributed by atoms with Gasteiger partial charge in [-0.1, -0.05) is 44.2 Å². The van der Waals surface area contributed by atoms with Crippen LogP contribution in [0.3, 0.4) is 0 Å². The molecule has 5 nitrogen and oxygen atoms in total. The first kappa shape index (κ1) is 19.9. The van der Waals surface area contributed by atoms with Gasteiger partial charge in [0.1, 0.15) is 6.04 Å². The number of amides is 2. The molecule has 1 aromatic carbocycles. The molecule has 2 amide bonds. The van der Waals surface area contributed by atoms with E-state index in [4.69, 9.17) is 0 Å². The minimum absolute atomic E-state index is 0.0298. The second-order valence-electron chi connectivity index (χ2n) is 8.33. The number of nitrogens with zero attached hydrogens (tertiary/aromatic N) is 2. The van der Waals surface area contributed by atoms with E-state index in [2.05, 4.69) is 10.2 Å². The molecule has 2 heterocycles. The Bertz CT molecular complexity index is 626. The van der Waals surface area contributed by atoms with Crippen molar-refractivity contribution in [2.75, 3.05) is 26.2 Å². The minimum Gasteiger partial charge on any atom is -0.341 e. The van der Waals surface area contributed by atoms with Crippen LogP contribution in [0.1, 0.15) is 57.6 Å². The molecule has 0 aromatic heterocycles. The maximum atomic E-state index is 13.4. The van der Waals surface area contributed by atoms with Gasteiger partial charge in [0, 0.05) is 25.6 Å². The Morgan fingerprint density at radius 2 is 1.78 bits per heavy atom. The molecule has 2 saturated heterocycles. The summed E-state index contributed by atoms with van der Waals surface area (Å²) in [6, 6.07) is 9.52. The van der Waals surface area contributed by atoms with E-state index in [0.29, 0.717) is 12.5 Å². The van der Waals surface area contributed by atoms with Crippen LogP contribution in [0.15, 0.2) is 30.3 Å². The van der Waals surface area contributed by atoms with Crippen molar-refractivity contribution >= 4 is 11.8 Å². The maximum absolute atomic E-state index is 13.4. The molecule has 1 N–H and O–H groups in total. The lowest BCUT2D eigenvalue weighted by Gasteiger charge is -2.39. The van der Waals surface area contributed by atoms with Gasteiger partial charge in [-0.2, -0.15) is 0 Å². The molecule has 0 bridgehead atoms. The second kappa shape index (κ2) is 9.36. The number of carbonyl (C=O) groups is 2. The van der Waals surface area contributed by atoms with Gasteiger partial charge in [-0.3, -0.25) is 14.5 Å². The van der Waals surface area contributed by atoms with Gasteiger partial charge in [-0.25, -0.2) is 0 Å². The molecule has 0 radical (unpaired) electrons. The Hall–Kier alpha value is -1.88. The number of likely N-dealkylation sites (tertiary alicyclic amines) is 2. The van der Waals surface area contributed by atoms with E-state index in [9.17, 15) is 9.59 Å². The van der Waals surface area contributed by atoms with E-state index in [-0.39, 0.29) is 17.7 Å².